The van der Waals surface area contributed by atoms with Crippen LogP contribution in [0.4, 0.5) is 11.5 Å². The number of carbonyl (C=O) groups excluding carboxylic acids is 3. The number of amides is 3. The number of aromatic hydroxyl groups is 1. The predicted molar refractivity (Wildman–Crippen MR) is 177 cm³/mol. The highest BCUT2D eigenvalue weighted by atomic mass is 16.3. The number of fused-ring (bicyclic) bond motifs is 1. The second kappa shape index (κ2) is 13.0. The van der Waals surface area contributed by atoms with E-state index in [1.54, 1.807) is 29.2 Å². The number of para-hydroxylation sites is 1. The average Bonchev–Trinajstić information content (AvgIpc) is 3.40. The molecule has 7 rings (SSSR count). The van der Waals surface area contributed by atoms with Gasteiger partial charge < -0.3 is 20.6 Å². The molecule has 2 saturated heterocycles. The summed E-state index contributed by atoms with van der Waals surface area (Å²) in [5.74, 6) is 7.30. The second-order valence-corrected chi connectivity index (χ2v) is 13.1. The van der Waals surface area contributed by atoms with E-state index in [0.717, 1.165) is 69.7 Å². The normalized spacial score (nSPS) is 23.2. The Labute approximate surface area is 274 Å². The lowest BCUT2D eigenvalue weighted by molar-refractivity contribution is -0.136. The van der Waals surface area contributed by atoms with Gasteiger partial charge in [0.1, 0.15) is 11.8 Å². The number of rotatable bonds is 5. The van der Waals surface area contributed by atoms with Crippen molar-refractivity contribution in [3.63, 3.8) is 0 Å². The number of phenols is 1. The van der Waals surface area contributed by atoms with Crippen molar-refractivity contribution in [2.24, 2.45) is 11.8 Å². The van der Waals surface area contributed by atoms with E-state index in [-0.39, 0.29) is 29.9 Å². The zero-order chi connectivity index (χ0) is 32.5. The van der Waals surface area contributed by atoms with E-state index in [0.29, 0.717) is 53.0 Å². The van der Waals surface area contributed by atoms with E-state index in [9.17, 15) is 19.5 Å². The Bertz CT molecular complexity index is 1770. The van der Waals surface area contributed by atoms with Gasteiger partial charge >= 0.3 is 0 Å². The highest BCUT2D eigenvalue weighted by Crippen LogP contribution is 2.33. The summed E-state index contributed by atoms with van der Waals surface area (Å²) in [5, 5.41) is 20.8. The monoisotopic (exact) mass is 633 g/mol. The van der Waals surface area contributed by atoms with Gasteiger partial charge in [-0.3, -0.25) is 24.6 Å². The van der Waals surface area contributed by atoms with E-state index in [4.69, 9.17) is 5.73 Å². The molecule has 4 N–H and O–H groups in total. The summed E-state index contributed by atoms with van der Waals surface area (Å²) in [5.41, 5.74) is 10.6. The molecule has 11 heteroatoms. The Hall–Kier alpha value is -4.95. The molecule has 3 aliphatic heterocycles. The smallest absolute Gasteiger partial charge is 0.255 e. The molecule has 1 aromatic heterocycles. The molecule has 1 aliphatic carbocycles. The lowest BCUT2D eigenvalue weighted by Crippen LogP contribution is -2.52. The molecule has 2 aromatic carbocycles. The average molecular weight is 634 g/mol. The van der Waals surface area contributed by atoms with Gasteiger partial charge in [-0.25, -0.2) is 0 Å². The number of nitrogens with one attached hydrogen (secondary N) is 1. The zero-order valence-corrected chi connectivity index (χ0v) is 26.3. The molecule has 0 spiro atoms. The van der Waals surface area contributed by atoms with Gasteiger partial charge in [0.25, 0.3) is 5.91 Å². The molecule has 4 heterocycles. The van der Waals surface area contributed by atoms with Crippen molar-refractivity contribution in [2.75, 3.05) is 43.4 Å². The van der Waals surface area contributed by atoms with E-state index < -0.39 is 6.04 Å². The van der Waals surface area contributed by atoms with Crippen molar-refractivity contribution in [1.29, 1.82) is 0 Å². The SMILES string of the molecule is Nc1nnc(-c2ccccc2O)cc1C#CC1CCC(CN2CCN(c3ccc4c(c3)CN(C3CCC(=O)NC3=O)C4=O)CC2)CC1. The summed E-state index contributed by atoms with van der Waals surface area (Å²) >= 11 is 0. The number of nitrogens with zero attached hydrogens (tertiary/aromatic N) is 5. The first-order valence-electron chi connectivity index (χ1n) is 16.5. The third-order valence-electron chi connectivity index (χ3n) is 10.0. The molecular weight excluding hydrogens is 594 g/mol. The number of nitrogen functional groups attached to an aromatic ring is 1. The third kappa shape index (κ3) is 6.51. The summed E-state index contributed by atoms with van der Waals surface area (Å²) in [6.45, 7) is 5.33. The topological polar surface area (TPSA) is 145 Å². The van der Waals surface area contributed by atoms with Gasteiger partial charge in [0, 0.05) is 68.4 Å². The standard InChI is InChI=1S/C36H39N7O4/c37-34-25(20-30(39-40-34)29-3-1-2-4-32(29)44)10-9-23-5-7-24(8-6-23)21-41-15-17-42(18-16-41)27-11-12-28-26(19-27)22-43(36(28)47)31-13-14-33(45)38-35(31)46/h1-4,11-12,19-20,23-24,31,44H,5-8,13-18,21-22H2,(H2,37,40)(H,38,45,46). The van der Waals surface area contributed by atoms with Crippen molar-refractivity contribution >= 4 is 29.2 Å². The van der Waals surface area contributed by atoms with Crippen LogP contribution in [0.2, 0.25) is 0 Å². The number of piperidine rings is 1. The number of aromatic nitrogens is 2. The lowest BCUT2D eigenvalue weighted by atomic mass is 9.82. The maximum absolute atomic E-state index is 13.1. The maximum atomic E-state index is 13.1. The Morgan fingerprint density at radius 2 is 1.70 bits per heavy atom. The number of hydrogen-bond acceptors (Lipinski definition) is 9. The van der Waals surface area contributed by atoms with Crippen molar-refractivity contribution < 1.29 is 19.5 Å². The first-order valence-corrected chi connectivity index (χ1v) is 16.5. The van der Waals surface area contributed by atoms with Crippen molar-refractivity contribution in [1.82, 2.24) is 25.3 Å². The summed E-state index contributed by atoms with van der Waals surface area (Å²) in [7, 11) is 0. The Morgan fingerprint density at radius 3 is 2.47 bits per heavy atom. The number of piperazine rings is 1. The Morgan fingerprint density at radius 1 is 0.915 bits per heavy atom. The fourth-order valence-corrected chi connectivity index (χ4v) is 7.30. The minimum absolute atomic E-state index is 0.136. The molecular formula is C36H39N7O4. The van der Waals surface area contributed by atoms with Gasteiger partial charge in [0.15, 0.2) is 5.82 Å². The fraction of sp³-hybridized carbons (Fsp3) is 0.417. The Balaban J connectivity index is 0.889. The van der Waals surface area contributed by atoms with Crippen molar-refractivity contribution in [2.45, 2.75) is 51.1 Å². The summed E-state index contributed by atoms with van der Waals surface area (Å²) in [4.78, 5) is 43.6. The van der Waals surface area contributed by atoms with Crippen LogP contribution in [-0.4, -0.2) is 81.6 Å². The largest absolute Gasteiger partial charge is 0.507 e. The summed E-state index contributed by atoms with van der Waals surface area (Å²) in [6.07, 6.45) is 5.04. The minimum Gasteiger partial charge on any atom is -0.507 e. The second-order valence-electron chi connectivity index (χ2n) is 13.1. The van der Waals surface area contributed by atoms with Gasteiger partial charge in [0.05, 0.1) is 11.3 Å². The van der Waals surface area contributed by atoms with Crippen molar-refractivity contribution in [3.05, 3.63) is 65.2 Å². The van der Waals surface area contributed by atoms with Crippen molar-refractivity contribution in [3.8, 4) is 28.8 Å². The third-order valence-corrected chi connectivity index (χ3v) is 10.0. The van der Waals surface area contributed by atoms with E-state index in [2.05, 4.69) is 43.2 Å². The molecule has 11 nitrogen and oxygen atoms in total. The number of phenolic OH excluding ortho intramolecular Hbond substituents is 1. The van der Waals surface area contributed by atoms with Crippen LogP contribution in [0.5, 0.6) is 5.75 Å². The number of nitrogens with two attached hydrogens (primary N) is 1. The van der Waals surface area contributed by atoms with Gasteiger partial charge in [-0.15, -0.1) is 10.2 Å². The van der Waals surface area contributed by atoms with Gasteiger partial charge in [0.2, 0.25) is 11.8 Å². The number of carbonyl (C=O) groups is 3. The molecule has 3 aromatic rings. The van der Waals surface area contributed by atoms with Crippen LogP contribution < -0.4 is 16.0 Å². The molecule has 47 heavy (non-hydrogen) atoms. The van der Waals surface area contributed by atoms with Crippen LogP contribution in [0.1, 0.15) is 60.0 Å². The molecule has 1 saturated carbocycles. The Kier molecular flexibility index (Phi) is 8.52. The summed E-state index contributed by atoms with van der Waals surface area (Å²) in [6, 6.07) is 14.2. The quantitative estimate of drug-likeness (QED) is 0.285. The lowest BCUT2D eigenvalue weighted by Gasteiger charge is -2.38. The van der Waals surface area contributed by atoms with Crippen LogP contribution in [0, 0.1) is 23.7 Å². The molecule has 1 unspecified atom stereocenters. The molecule has 0 radical (unpaired) electrons. The maximum Gasteiger partial charge on any atom is 0.255 e. The predicted octanol–water partition coefficient (Wildman–Crippen LogP) is 3.17. The van der Waals surface area contributed by atoms with E-state index in [1.807, 2.05) is 18.2 Å². The number of anilines is 2. The molecule has 242 valence electrons. The molecule has 3 fully saturated rings. The highest BCUT2D eigenvalue weighted by molar-refractivity contribution is 6.05. The zero-order valence-electron chi connectivity index (χ0n) is 26.3. The van der Waals surface area contributed by atoms with Crippen LogP contribution in [0.3, 0.4) is 0 Å². The van der Waals surface area contributed by atoms with Crippen LogP contribution in [-0.2, 0) is 16.1 Å². The molecule has 0 bridgehead atoms. The highest BCUT2D eigenvalue weighted by Gasteiger charge is 2.39. The van der Waals surface area contributed by atoms with E-state index in [1.165, 1.54) is 0 Å². The molecule has 4 aliphatic rings. The van der Waals surface area contributed by atoms with E-state index >= 15 is 0 Å². The number of benzene rings is 2. The van der Waals surface area contributed by atoms with Crippen LogP contribution >= 0.6 is 0 Å². The first kappa shape index (κ1) is 30.7. The summed E-state index contributed by atoms with van der Waals surface area (Å²) < 4.78 is 0. The van der Waals surface area contributed by atoms with Gasteiger partial charge in [-0.2, -0.15) is 0 Å². The van der Waals surface area contributed by atoms with Gasteiger partial charge in [-0.1, -0.05) is 24.0 Å². The van der Waals surface area contributed by atoms with Crippen LogP contribution in [0.25, 0.3) is 11.3 Å². The number of imide groups is 1. The molecule has 3 amide bonds. The first-order chi connectivity index (χ1) is 22.8. The number of hydrogen-bond donors (Lipinski definition) is 3. The molecule has 1 atom stereocenters. The van der Waals surface area contributed by atoms with Gasteiger partial charge in [-0.05, 0) is 80.0 Å². The fourth-order valence-electron chi connectivity index (χ4n) is 7.30. The minimum atomic E-state index is -0.594. The van der Waals surface area contributed by atoms with Crippen LogP contribution in [0.15, 0.2) is 48.5 Å².